The van der Waals surface area contributed by atoms with Gasteiger partial charge in [0.1, 0.15) is 11.1 Å². The average Bonchev–Trinajstić information content (AvgIpc) is 3.49. The van der Waals surface area contributed by atoms with Crippen molar-refractivity contribution in [3.63, 3.8) is 0 Å². The molecule has 164 valence electrons. The Morgan fingerprint density at radius 1 is 0.724 bits per heavy atom. The van der Waals surface area contributed by atoms with Gasteiger partial charge in [0.2, 0.25) is 0 Å². The molecule has 0 bridgehead atoms. The van der Waals surface area contributed by atoms with Gasteiger partial charge in [-0.25, -0.2) is 19.2 Å². The van der Waals surface area contributed by atoms with Crippen molar-refractivity contribution in [1.82, 2.24) is 9.80 Å². The summed E-state index contributed by atoms with van der Waals surface area (Å²) in [6.07, 6.45) is 5.38. The van der Waals surface area contributed by atoms with Crippen LogP contribution in [-0.4, -0.2) is 91.4 Å². The van der Waals surface area contributed by atoms with E-state index in [0.29, 0.717) is 26.2 Å². The Kier molecular flexibility index (Phi) is 10.3. The van der Waals surface area contributed by atoms with Crippen molar-refractivity contribution >= 4 is 23.9 Å². The molecule has 10 heteroatoms. The molecule has 2 rings (SSSR count). The second-order valence-electron chi connectivity index (χ2n) is 6.93. The molecule has 0 spiro atoms. The summed E-state index contributed by atoms with van der Waals surface area (Å²) in [6.45, 7) is 10.0. The lowest BCUT2D eigenvalue weighted by Crippen LogP contribution is -2.41. The maximum absolute atomic E-state index is 10.8. The van der Waals surface area contributed by atoms with Crippen LogP contribution >= 0.6 is 0 Å². The van der Waals surface area contributed by atoms with E-state index >= 15 is 0 Å². The van der Waals surface area contributed by atoms with Crippen LogP contribution < -0.4 is 0 Å². The van der Waals surface area contributed by atoms with Crippen molar-refractivity contribution in [1.29, 1.82) is 0 Å². The van der Waals surface area contributed by atoms with Crippen LogP contribution in [0, 0.1) is 0 Å². The Labute approximate surface area is 169 Å². The minimum absolute atomic E-state index is 0.701. The van der Waals surface area contributed by atoms with Crippen molar-refractivity contribution in [3.8, 4) is 0 Å². The van der Waals surface area contributed by atoms with Crippen molar-refractivity contribution in [3.05, 3.63) is 24.3 Å². The van der Waals surface area contributed by atoms with Crippen molar-refractivity contribution in [2.45, 2.75) is 45.2 Å². The Hall–Kier alpha value is -2.72. The highest BCUT2D eigenvalue weighted by Gasteiger charge is 2.43. The van der Waals surface area contributed by atoms with E-state index in [1.54, 1.807) is 9.80 Å². The van der Waals surface area contributed by atoms with Crippen LogP contribution in [0.1, 0.15) is 34.1 Å². The SMILES string of the molecule is CC(C=CC(=O)O)(C(=O)O)N1CC1.CC(C=CC(=O)O)(C(=O)O)N1CC1.CCC. The van der Waals surface area contributed by atoms with Gasteiger partial charge in [0.25, 0.3) is 0 Å². The van der Waals surface area contributed by atoms with Gasteiger partial charge >= 0.3 is 23.9 Å². The molecule has 2 heterocycles. The molecule has 0 aromatic carbocycles. The molecule has 2 aliphatic heterocycles. The molecule has 2 aliphatic rings. The van der Waals surface area contributed by atoms with Gasteiger partial charge in [-0.1, -0.05) is 20.3 Å². The van der Waals surface area contributed by atoms with E-state index < -0.39 is 35.0 Å². The topological polar surface area (TPSA) is 155 Å². The van der Waals surface area contributed by atoms with Crippen LogP contribution in [0.25, 0.3) is 0 Å². The minimum atomic E-state index is -1.17. The van der Waals surface area contributed by atoms with Gasteiger partial charge in [-0.3, -0.25) is 9.80 Å². The third kappa shape index (κ3) is 8.88. The van der Waals surface area contributed by atoms with E-state index in [4.69, 9.17) is 20.4 Å². The van der Waals surface area contributed by atoms with Gasteiger partial charge < -0.3 is 20.4 Å². The van der Waals surface area contributed by atoms with Crippen LogP contribution in [0.15, 0.2) is 24.3 Å². The zero-order chi connectivity index (χ0) is 22.8. The zero-order valence-corrected chi connectivity index (χ0v) is 17.2. The van der Waals surface area contributed by atoms with Crippen molar-refractivity contribution < 1.29 is 39.6 Å². The minimum Gasteiger partial charge on any atom is -0.480 e. The van der Waals surface area contributed by atoms with Crippen molar-refractivity contribution in [2.75, 3.05) is 26.2 Å². The maximum atomic E-state index is 10.8. The van der Waals surface area contributed by atoms with E-state index in [9.17, 15) is 19.2 Å². The van der Waals surface area contributed by atoms with E-state index in [0.717, 1.165) is 12.2 Å². The fraction of sp³-hybridized carbons (Fsp3) is 0.579. The largest absolute Gasteiger partial charge is 0.480 e. The van der Waals surface area contributed by atoms with Crippen LogP contribution in [0.3, 0.4) is 0 Å². The van der Waals surface area contributed by atoms with Crippen LogP contribution in [0.2, 0.25) is 0 Å². The summed E-state index contributed by atoms with van der Waals surface area (Å²) in [7, 11) is 0. The first-order valence-electron chi connectivity index (χ1n) is 9.16. The van der Waals surface area contributed by atoms with Gasteiger partial charge in [-0.05, 0) is 26.0 Å². The zero-order valence-electron chi connectivity index (χ0n) is 17.2. The number of aliphatic carboxylic acids is 4. The molecule has 2 fully saturated rings. The third-order valence-corrected chi connectivity index (χ3v) is 4.18. The molecule has 2 atom stereocenters. The fourth-order valence-corrected chi connectivity index (χ4v) is 2.12. The summed E-state index contributed by atoms with van der Waals surface area (Å²) in [5, 5.41) is 34.5. The number of nitrogens with zero attached hydrogens (tertiary/aromatic N) is 2. The highest BCUT2D eigenvalue weighted by Crippen LogP contribution is 2.25. The number of hydrogen-bond donors (Lipinski definition) is 4. The molecule has 29 heavy (non-hydrogen) atoms. The van der Waals surface area contributed by atoms with E-state index in [-0.39, 0.29) is 0 Å². The molecule has 10 nitrogen and oxygen atoms in total. The molecule has 0 saturated carbocycles. The molecule has 2 saturated heterocycles. The predicted molar refractivity (Wildman–Crippen MR) is 105 cm³/mol. The molecular formula is C19H30N2O8. The third-order valence-electron chi connectivity index (χ3n) is 4.18. The number of hydrogen-bond acceptors (Lipinski definition) is 6. The number of rotatable bonds is 8. The molecule has 4 N–H and O–H groups in total. The second-order valence-corrected chi connectivity index (χ2v) is 6.93. The summed E-state index contributed by atoms with van der Waals surface area (Å²) in [4.78, 5) is 45.4. The Bertz CT molecular complexity index is 611. The van der Waals surface area contributed by atoms with E-state index in [1.165, 1.54) is 32.4 Å². The monoisotopic (exact) mass is 414 g/mol. The van der Waals surface area contributed by atoms with E-state index in [2.05, 4.69) is 13.8 Å². The van der Waals surface area contributed by atoms with Crippen LogP contribution in [0.4, 0.5) is 0 Å². The molecule has 0 amide bonds. The van der Waals surface area contributed by atoms with Gasteiger partial charge in [-0.15, -0.1) is 0 Å². The molecule has 2 unspecified atom stereocenters. The highest BCUT2D eigenvalue weighted by atomic mass is 16.4. The van der Waals surface area contributed by atoms with Gasteiger partial charge in [0.05, 0.1) is 0 Å². The standard InChI is InChI=1S/2C8H11NO4.C3H8/c2*1-8(7(12)13,9-4-5-9)3-2-6(10)11;1-3-2/h2*2-3H,4-5H2,1H3,(H,10,11)(H,12,13);3H2,1-2H3. The number of carboxylic acid groups (broad SMARTS) is 4. The molecule has 0 aromatic rings. The maximum Gasteiger partial charge on any atom is 0.328 e. The Morgan fingerprint density at radius 2 is 0.966 bits per heavy atom. The van der Waals surface area contributed by atoms with Gasteiger partial charge in [0.15, 0.2) is 0 Å². The molecular weight excluding hydrogens is 384 g/mol. The highest BCUT2D eigenvalue weighted by molar-refractivity contribution is 5.86. The summed E-state index contributed by atoms with van der Waals surface area (Å²) in [5.41, 5.74) is -2.34. The first kappa shape index (κ1) is 26.3. The van der Waals surface area contributed by atoms with E-state index in [1.807, 2.05) is 0 Å². The lowest BCUT2D eigenvalue weighted by Gasteiger charge is -2.21. The second kappa shape index (κ2) is 11.3. The number of carboxylic acids is 4. The summed E-state index contributed by atoms with van der Waals surface area (Å²) < 4.78 is 0. The first-order valence-corrected chi connectivity index (χ1v) is 9.16. The Balaban J connectivity index is 0.000000477. The average molecular weight is 414 g/mol. The Morgan fingerprint density at radius 3 is 1.10 bits per heavy atom. The van der Waals surface area contributed by atoms with Gasteiger partial charge in [0, 0.05) is 38.3 Å². The van der Waals surface area contributed by atoms with Crippen LogP contribution in [0.5, 0.6) is 0 Å². The summed E-state index contributed by atoms with van der Waals surface area (Å²) >= 11 is 0. The van der Waals surface area contributed by atoms with Gasteiger partial charge in [-0.2, -0.15) is 0 Å². The molecule has 0 radical (unpaired) electrons. The number of carbonyl (C=O) groups is 4. The predicted octanol–water partition coefficient (Wildman–Crippen LogP) is 0.989. The fourth-order valence-electron chi connectivity index (χ4n) is 2.12. The van der Waals surface area contributed by atoms with Crippen LogP contribution in [-0.2, 0) is 19.2 Å². The normalized spacial score (nSPS) is 19.7. The molecule has 0 aromatic heterocycles. The smallest absolute Gasteiger partial charge is 0.328 e. The first-order chi connectivity index (χ1) is 13.3. The lowest BCUT2D eigenvalue weighted by atomic mass is 10.0. The molecule has 0 aliphatic carbocycles. The van der Waals surface area contributed by atoms with Crippen molar-refractivity contribution in [2.24, 2.45) is 0 Å². The lowest BCUT2D eigenvalue weighted by molar-refractivity contribution is -0.145. The summed E-state index contributed by atoms with van der Waals surface area (Å²) in [6, 6.07) is 0. The quantitative estimate of drug-likeness (QED) is 0.334. The summed E-state index contributed by atoms with van der Waals surface area (Å²) in [5.74, 6) is -4.31.